The molecule has 0 saturated carbocycles. The van der Waals surface area contributed by atoms with E-state index in [2.05, 4.69) is 16.0 Å². The van der Waals surface area contributed by atoms with Crippen LogP contribution in [0.1, 0.15) is 37.5 Å². The number of anilines is 1. The van der Waals surface area contributed by atoms with E-state index in [1.165, 1.54) is 23.6 Å². The van der Waals surface area contributed by atoms with Crippen LogP contribution in [0.3, 0.4) is 0 Å². The number of carbonyl (C=O) groups is 4. The molecule has 1 fully saturated rings. The number of hydrogen-bond acceptors (Lipinski definition) is 8. The van der Waals surface area contributed by atoms with Crippen LogP contribution in [0.4, 0.5) is 5.69 Å². The molecule has 3 aromatic rings. The Morgan fingerprint density at radius 1 is 1.00 bits per heavy atom. The van der Waals surface area contributed by atoms with Crippen LogP contribution in [-0.2, 0) is 32.1 Å². The van der Waals surface area contributed by atoms with E-state index in [1.807, 2.05) is 106 Å². The van der Waals surface area contributed by atoms with Gasteiger partial charge in [-0.25, -0.2) is 0 Å². The second-order valence-electron chi connectivity index (χ2n) is 13.0. The predicted molar refractivity (Wildman–Crippen MR) is 192 cm³/mol. The van der Waals surface area contributed by atoms with E-state index in [-0.39, 0.29) is 24.8 Å². The molecule has 262 valence electrons. The summed E-state index contributed by atoms with van der Waals surface area (Å²) in [6, 6.07) is 21.3. The molecule has 4 atom stereocenters. The zero-order valence-electron chi connectivity index (χ0n) is 28.9. The maximum atomic E-state index is 14.0. The second-order valence-corrected chi connectivity index (χ2v) is 14.6. The molecule has 3 aromatic carbocycles. The largest absolute Gasteiger partial charge is 0.484 e. The molecule has 1 aliphatic rings. The van der Waals surface area contributed by atoms with Crippen molar-refractivity contribution in [1.29, 1.82) is 0 Å². The highest BCUT2D eigenvalue weighted by Gasteiger charge is 2.49. The minimum atomic E-state index is -1.67. The SMILES string of the molecule is Cc1ccccc1CNC(=O)[C@H]1N(C(=O)[C@@H](O)[C@H](Cc2ccccc2)NC(=O)[C@H](C)NC(=O)COc2cccc(N(C)C)c2)CSC1(C)C. The van der Waals surface area contributed by atoms with Crippen LogP contribution in [0.2, 0.25) is 0 Å². The van der Waals surface area contributed by atoms with Gasteiger partial charge < -0.3 is 35.6 Å². The molecule has 0 radical (unpaired) electrons. The van der Waals surface area contributed by atoms with Gasteiger partial charge in [0, 0.05) is 37.1 Å². The molecule has 49 heavy (non-hydrogen) atoms. The predicted octanol–water partition coefficient (Wildman–Crippen LogP) is 3.03. The summed E-state index contributed by atoms with van der Waals surface area (Å²) in [7, 11) is 3.80. The first-order valence-electron chi connectivity index (χ1n) is 16.3. The van der Waals surface area contributed by atoms with Crippen LogP contribution in [0, 0.1) is 6.92 Å². The summed E-state index contributed by atoms with van der Waals surface area (Å²) in [5, 5.41) is 19.9. The van der Waals surface area contributed by atoms with E-state index < -0.39 is 46.7 Å². The Balaban J connectivity index is 1.43. The molecule has 1 heterocycles. The lowest BCUT2D eigenvalue weighted by atomic mass is 9.97. The van der Waals surface area contributed by atoms with Gasteiger partial charge in [0.2, 0.25) is 11.8 Å². The Morgan fingerprint density at radius 3 is 2.39 bits per heavy atom. The van der Waals surface area contributed by atoms with Crippen molar-refractivity contribution < 1.29 is 29.0 Å². The molecule has 12 heteroatoms. The van der Waals surface area contributed by atoms with Gasteiger partial charge in [0.1, 0.15) is 17.8 Å². The third kappa shape index (κ3) is 9.99. The van der Waals surface area contributed by atoms with Gasteiger partial charge in [-0.15, -0.1) is 11.8 Å². The van der Waals surface area contributed by atoms with Gasteiger partial charge in [0.05, 0.1) is 11.9 Å². The van der Waals surface area contributed by atoms with Gasteiger partial charge in [-0.1, -0.05) is 60.7 Å². The monoisotopic (exact) mass is 689 g/mol. The van der Waals surface area contributed by atoms with Gasteiger partial charge in [-0.2, -0.15) is 0 Å². The summed E-state index contributed by atoms with van der Waals surface area (Å²) in [6.45, 7) is 7.27. The molecule has 4 amide bonds. The quantitative estimate of drug-likeness (QED) is 0.203. The van der Waals surface area contributed by atoms with Crippen molar-refractivity contribution in [2.24, 2.45) is 0 Å². The average Bonchev–Trinajstić information content (AvgIpc) is 3.40. The smallest absolute Gasteiger partial charge is 0.258 e. The lowest BCUT2D eigenvalue weighted by molar-refractivity contribution is -0.148. The maximum Gasteiger partial charge on any atom is 0.258 e. The summed E-state index contributed by atoms with van der Waals surface area (Å²) in [5.41, 5.74) is 3.70. The number of nitrogens with zero attached hydrogens (tertiary/aromatic N) is 2. The Bertz CT molecular complexity index is 1620. The fourth-order valence-electron chi connectivity index (χ4n) is 5.61. The van der Waals surface area contributed by atoms with Crippen LogP contribution in [0.15, 0.2) is 78.9 Å². The lowest BCUT2D eigenvalue weighted by Crippen LogP contribution is -2.60. The standard InChI is InChI=1S/C37H47N5O6S/c1-24-13-10-11-16-27(24)21-38-35(46)33-37(3,4)49-23-42(33)36(47)32(44)30(19-26-14-8-7-9-15-26)40-34(45)25(2)39-31(43)22-48-29-18-12-17-28(20-29)41(5)6/h7-18,20,25,30,32-33,44H,19,21-23H2,1-6H3,(H,38,46)(H,39,43)(H,40,45)/t25-,30-,32-,33+/m0/s1. The van der Waals surface area contributed by atoms with Crippen LogP contribution in [-0.4, -0.2) is 89.2 Å². The first-order chi connectivity index (χ1) is 23.3. The topological polar surface area (TPSA) is 140 Å². The van der Waals surface area contributed by atoms with Crippen LogP contribution in [0.25, 0.3) is 0 Å². The van der Waals surface area contributed by atoms with Gasteiger partial charge in [-0.05, 0) is 62.9 Å². The molecule has 0 bridgehead atoms. The summed E-state index contributed by atoms with van der Waals surface area (Å²) in [6.07, 6.45) is -1.53. The zero-order chi connectivity index (χ0) is 35.7. The van der Waals surface area contributed by atoms with Crippen LogP contribution < -0.4 is 25.6 Å². The molecule has 0 aromatic heterocycles. The minimum absolute atomic E-state index is 0.139. The van der Waals surface area contributed by atoms with Gasteiger partial charge in [0.25, 0.3) is 11.8 Å². The van der Waals surface area contributed by atoms with Gasteiger partial charge in [0.15, 0.2) is 12.7 Å². The van der Waals surface area contributed by atoms with E-state index >= 15 is 0 Å². The van der Waals surface area contributed by atoms with Crippen LogP contribution in [0.5, 0.6) is 5.75 Å². The number of rotatable bonds is 14. The van der Waals surface area contributed by atoms with E-state index in [9.17, 15) is 24.3 Å². The van der Waals surface area contributed by atoms with Gasteiger partial charge in [-0.3, -0.25) is 19.2 Å². The maximum absolute atomic E-state index is 14.0. The number of hydrogen-bond donors (Lipinski definition) is 4. The number of aliphatic hydroxyl groups excluding tert-OH is 1. The normalized spacial score (nSPS) is 17.0. The van der Waals surface area contributed by atoms with Crippen molar-refractivity contribution in [3.8, 4) is 5.75 Å². The Kier molecular flexibility index (Phi) is 12.7. The fourth-order valence-corrected chi connectivity index (χ4v) is 6.75. The highest BCUT2D eigenvalue weighted by Crippen LogP contribution is 2.40. The molecule has 0 spiro atoms. The highest BCUT2D eigenvalue weighted by atomic mass is 32.2. The third-order valence-corrected chi connectivity index (χ3v) is 9.90. The minimum Gasteiger partial charge on any atom is -0.484 e. The molecule has 0 unspecified atom stereocenters. The summed E-state index contributed by atoms with van der Waals surface area (Å²) < 4.78 is 5.00. The first kappa shape index (κ1) is 37.3. The summed E-state index contributed by atoms with van der Waals surface area (Å²) in [4.78, 5) is 56.9. The fraction of sp³-hybridized carbons (Fsp3) is 0.405. The number of thioether (sulfide) groups is 1. The second kappa shape index (κ2) is 16.7. The van der Waals surface area contributed by atoms with Crippen LogP contribution >= 0.6 is 11.8 Å². The molecule has 4 N–H and O–H groups in total. The third-order valence-electron chi connectivity index (χ3n) is 8.53. The molecule has 11 nitrogen and oxygen atoms in total. The van der Waals surface area contributed by atoms with Gasteiger partial charge >= 0.3 is 0 Å². The number of amides is 4. The van der Waals surface area contributed by atoms with E-state index in [0.29, 0.717) is 12.3 Å². The molecular formula is C37H47N5O6S. The van der Waals surface area contributed by atoms with E-state index in [4.69, 9.17) is 4.74 Å². The number of aryl methyl sites for hydroxylation is 1. The van der Waals surface area contributed by atoms with Crippen molar-refractivity contribution in [3.05, 3.63) is 95.6 Å². The highest BCUT2D eigenvalue weighted by molar-refractivity contribution is 8.00. The van der Waals surface area contributed by atoms with Crippen molar-refractivity contribution in [1.82, 2.24) is 20.9 Å². The Hall–Kier alpha value is -4.55. The molecule has 0 aliphatic carbocycles. The number of aliphatic hydroxyl groups is 1. The van der Waals surface area contributed by atoms with Crippen molar-refractivity contribution >= 4 is 41.1 Å². The summed E-state index contributed by atoms with van der Waals surface area (Å²) in [5.74, 6) is -1.38. The summed E-state index contributed by atoms with van der Waals surface area (Å²) >= 11 is 1.45. The molecule has 1 aliphatic heterocycles. The number of benzene rings is 3. The van der Waals surface area contributed by atoms with E-state index in [0.717, 1.165) is 22.4 Å². The van der Waals surface area contributed by atoms with E-state index in [1.54, 1.807) is 12.1 Å². The van der Waals surface area contributed by atoms with Crippen molar-refractivity contribution in [3.63, 3.8) is 0 Å². The van der Waals surface area contributed by atoms with Crippen molar-refractivity contribution in [2.45, 2.75) is 69.6 Å². The Labute approximate surface area is 292 Å². The molecule has 1 saturated heterocycles. The van der Waals surface area contributed by atoms with Crippen molar-refractivity contribution in [2.75, 3.05) is 31.5 Å². The first-order valence-corrected chi connectivity index (χ1v) is 17.2. The Morgan fingerprint density at radius 2 is 1.69 bits per heavy atom. The zero-order valence-corrected chi connectivity index (χ0v) is 29.8. The molecule has 4 rings (SSSR count). The lowest BCUT2D eigenvalue weighted by Gasteiger charge is -2.33. The average molecular weight is 690 g/mol. The molecular weight excluding hydrogens is 643 g/mol. The number of nitrogens with one attached hydrogen (secondary N) is 3. The number of carbonyl (C=O) groups excluding carboxylic acids is 4. The number of ether oxygens (including phenoxy) is 1.